The Morgan fingerprint density at radius 1 is 1.14 bits per heavy atom. The molecule has 1 heterocycles. The average molecular weight is 467 g/mol. The molecule has 5 rings (SSSR count). The van der Waals surface area contributed by atoms with Crippen LogP contribution >= 0.6 is 0 Å². The molecule has 2 aliphatic carbocycles. The molecule has 0 spiro atoms. The Morgan fingerprint density at radius 3 is 2.49 bits per heavy atom. The first-order valence-corrected chi connectivity index (χ1v) is 12.3. The molecule has 5 heteroatoms. The van der Waals surface area contributed by atoms with Crippen LogP contribution in [0.15, 0.2) is 88.6 Å². The van der Waals surface area contributed by atoms with E-state index in [1.165, 1.54) is 22.3 Å². The molecule has 1 amide bonds. The number of rotatable bonds is 7. The van der Waals surface area contributed by atoms with E-state index in [1.807, 2.05) is 30.5 Å². The normalized spacial score (nSPS) is 19.6. The van der Waals surface area contributed by atoms with E-state index >= 15 is 0 Å². The second-order valence-corrected chi connectivity index (χ2v) is 9.45. The first kappa shape index (κ1) is 23.0. The summed E-state index contributed by atoms with van der Waals surface area (Å²) in [5, 5.41) is 2.74. The van der Waals surface area contributed by atoms with Crippen molar-refractivity contribution in [3.8, 4) is 11.1 Å². The maximum atomic E-state index is 12.6. The lowest BCUT2D eigenvalue weighted by Crippen LogP contribution is -2.38. The second-order valence-electron chi connectivity index (χ2n) is 9.45. The van der Waals surface area contributed by atoms with Crippen LogP contribution in [0.3, 0.4) is 0 Å². The van der Waals surface area contributed by atoms with Gasteiger partial charge in [0.25, 0.3) is 0 Å². The number of hydrogen-bond donors (Lipinski definition) is 1. The van der Waals surface area contributed by atoms with Crippen LogP contribution < -0.4 is 5.32 Å². The lowest BCUT2D eigenvalue weighted by atomic mass is 9.91. The molecule has 3 aliphatic rings. The summed E-state index contributed by atoms with van der Waals surface area (Å²) < 4.78 is 5.60. The van der Waals surface area contributed by atoms with Crippen LogP contribution in [0.2, 0.25) is 0 Å². The highest BCUT2D eigenvalue weighted by Gasteiger charge is 2.29. The largest absolute Gasteiger partial charge is 0.449 e. The van der Waals surface area contributed by atoms with E-state index in [1.54, 1.807) is 0 Å². The molecular weight excluding hydrogens is 436 g/mol. The summed E-state index contributed by atoms with van der Waals surface area (Å²) in [4.78, 5) is 28.9. The Labute approximate surface area is 206 Å². The van der Waals surface area contributed by atoms with Gasteiger partial charge in [-0.15, -0.1) is 0 Å². The third-order valence-electron chi connectivity index (χ3n) is 7.11. The molecule has 2 aromatic rings. The van der Waals surface area contributed by atoms with Crippen molar-refractivity contribution in [2.75, 3.05) is 6.61 Å². The van der Waals surface area contributed by atoms with Gasteiger partial charge in [0.1, 0.15) is 12.9 Å². The topological polar surface area (TPSA) is 67.8 Å². The molecular formula is C30H30N2O3. The van der Waals surface area contributed by atoms with Crippen LogP contribution in [0.5, 0.6) is 0 Å². The number of alkyl carbamates (subject to hydrolysis) is 1. The van der Waals surface area contributed by atoms with Crippen molar-refractivity contribution < 1.29 is 14.3 Å². The van der Waals surface area contributed by atoms with Gasteiger partial charge in [-0.1, -0.05) is 72.3 Å². The lowest BCUT2D eigenvalue weighted by Gasteiger charge is -2.21. The van der Waals surface area contributed by atoms with E-state index in [0.29, 0.717) is 6.42 Å². The summed E-state index contributed by atoms with van der Waals surface area (Å²) in [6, 6.07) is 15.8. The van der Waals surface area contributed by atoms with Gasteiger partial charge in [0.2, 0.25) is 0 Å². The van der Waals surface area contributed by atoms with Gasteiger partial charge in [0.05, 0.1) is 11.7 Å². The minimum Gasteiger partial charge on any atom is -0.449 e. The van der Waals surface area contributed by atoms with Crippen molar-refractivity contribution in [3.05, 3.63) is 94.7 Å². The molecule has 0 saturated carbocycles. The number of aliphatic imine (C=N–C) groups is 1. The number of fused-ring (bicyclic) bond motifs is 3. The summed E-state index contributed by atoms with van der Waals surface area (Å²) in [6.45, 7) is 2.38. The van der Waals surface area contributed by atoms with Crippen molar-refractivity contribution in [2.45, 2.75) is 44.6 Å². The molecule has 2 atom stereocenters. The summed E-state index contributed by atoms with van der Waals surface area (Å²) >= 11 is 0. The van der Waals surface area contributed by atoms with Gasteiger partial charge < -0.3 is 14.8 Å². The highest BCUT2D eigenvalue weighted by molar-refractivity contribution is 5.79. The molecule has 0 aromatic heterocycles. The van der Waals surface area contributed by atoms with Gasteiger partial charge in [-0.25, -0.2) is 4.79 Å². The number of nitrogens with one attached hydrogen (secondary N) is 1. The first-order valence-electron chi connectivity index (χ1n) is 12.3. The Morgan fingerprint density at radius 2 is 1.86 bits per heavy atom. The minimum absolute atomic E-state index is 0.0107. The third kappa shape index (κ3) is 4.90. The first-order chi connectivity index (χ1) is 17.1. The number of amides is 1. The minimum atomic E-state index is -0.618. The Hall–Kier alpha value is -3.73. The van der Waals surface area contributed by atoms with Crippen molar-refractivity contribution in [1.82, 2.24) is 5.32 Å². The van der Waals surface area contributed by atoms with Crippen LogP contribution in [-0.2, 0) is 9.53 Å². The maximum Gasteiger partial charge on any atom is 0.407 e. The van der Waals surface area contributed by atoms with Crippen LogP contribution in [0, 0.1) is 5.92 Å². The van der Waals surface area contributed by atoms with Crippen LogP contribution in [0.25, 0.3) is 11.1 Å². The summed E-state index contributed by atoms with van der Waals surface area (Å²) in [6.07, 6.45) is 12.0. The molecule has 0 fully saturated rings. The Balaban J connectivity index is 1.16. The second kappa shape index (κ2) is 10.3. The predicted octanol–water partition coefficient (Wildman–Crippen LogP) is 6.12. The standard InChI is InChI=1S/C30H30N2O3/c1-20-8-2-3-9-23(20)29-15-14-21(17-31-29)16-22(18-33)32-30(34)35-19-28-26-12-6-4-10-24(26)25-11-5-7-13-27(25)28/h3-7,9-13,15,17-18,21-22,28H,2,8,14,16,19H2,1H3,(H,32,34)/t21?,22-/m0/s1. The Bertz CT molecular complexity index is 1210. The molecule has 35 heavy (non-hydrogen) atoms. The van der Waals surface area contributed by atoms with Crippen LogP contribution in [0.1, 0.15) is 49.7 Å². The molecule has 1 unspecified atom stereocenters. The Kier molecular flexibility index (Phi) is 6.75. The van der Waals surface area contributed by atoms with Gasteiger partial charge in [0, 0.05) is 18.1 Å². The zero-order valence-electron chi connectivity index (χ0n) is 19.9. The quantitative estimate of drug-likeness (QED) is 0.500. The molecule has 0 radical (unpaired) electrons. The fourth-order valence-corrected chi connectivity index (χ4v) is 5.25. The van der Waals surface area contributed by atoms with Crippen molar-refractivity contribution in [1.29, 1.82) is 0 Å². The number of allylic oxidation sites excluding steroid dienone is 4. The van der Waals surface area contributed by atoms with Gasteiger partial charge in [-0.3, -0.25) is 4.99 Å². The van der Waals surface area contributed by atoms with E-state index in [9.17, 15) is 9.59 Å². The van der Waals surface area contributed by atoms with Crippen molar-refractivity contribution in [3.63, 3.8) is 0 Å². The maximum absolute atomic E-state index is 12.6. The molecule has 178 valence electrons. The van der Waals surface area contributed by atoms with Crippen LogP contribution in [-0.4, -0.2) is 31.2 Å². The summed E-state index contributed by atoms with van der Waals surface area (Å²) in [7, 11) is 0. The SMILES string of the molecule is CC1=C(C2=CCC(C[C@@H](C=O)NC(=O)OCC3c4ccccc4-c4ccccc43)C=N2)C=CCC1. The molecule has 1 N–H and O–H groups in total. The zero-order valence-corrected chi connectivity index (χ0v) is 19.9. The summed E-state index contributed by atoms with van der Waals surface area (Å²) in [5.74, 6) is 0.0831. The van der Waals surface area contributed by atoms with E-state index in [-0.39, 0.29) is 18.4 Å². The number of ether oxygens (including phenoxy) is 1. The smallest absolute Gasteiger partial charge is 0.407 e. The molecule has 5 nitrogen and oxygen atoms in total. The van der Waals surface area contributed by atoms with Gasteiger partial charge in [0.15, 0.2) is 0 Å². The van der Waals surface area contributed by atoms with Gasteiger partial charge in [-0.05, 0) is 60.4 Å². The molecule has 0 saturated heterocycles. The molecule has 2 aromatic carbocycles. The monoisotopic (exact) mass is 466 g/mol. The summed E-state index contributed by atoms with van der Waals surface area (Å²) in [5.41, 5.74) is 8.25. The van der Waals surface area contributed by atoms with E-state index in [0.717, 1.165) is 42.4 Å². The number of benzene rings is 2. The highest BCUT2D eigenvalue weighted by atomic mass is 16.5. The van der Waals surface area contributed by atoms with Crippen LogP contribution in [0.4, 0.5) is 4.79 Å². The number of carbonyl (C=O) groups is 2. The van der Waals surface area contributed by atoms with E-state index in [4.69, 9.17) is 4.74 Å². The zero-order chi connectivity index (χ0) is 24.2. The number of hydrogen-bond acceptors (Lipinski definition) is 4. The number of aldehydes is 1. The molecule has 0 bridgehead atoms. The number of nitrogens with zero attached hydrogens (tertiary/aromatic N) is 1. The van der Waals surface area contributed by atoms with Gasteiger partial charge in [-0.2, -0.15) is 0 Å². The fraction of sp³-hybridized carbons (Fsp3) is 0.300. The number of carbonyl (C=O) groups excluding carboxylic acids is 2. The molecule has 1 aliphatic heterocycles. The average Bonchev–Trinajstić information content (AvgIpc) is 3.21. The van der Waals surface area contributed by atoms with Crippen molar-refractivity contribution >= 4 is 18.6 Å². The van der Waals surface area contributed by atoms with E-state index < -0.39 is 12.1 Å². The van der Waals surface area contributed by atoms with E-state index in [2.05, 4.69) is 59.7 Å². The van der Waals surface area contributed by atoms with Gasteiger partial charge >= 0.3 is 6.09 Å². The highest BCUT2D eigenvalue weighted by Crippen LogP contribution is 2.44. The fourth-order valence-electron chi connectivity index (χ4n) is 5.25. The third-order valence-corrected chi connectivity index (χ3v) is 7.11. The lowest BCUT2D eigenvalue weighted by molar-refractivity contribution is -0.109. The van der Waals surface area contributed by atoms with Crippen molar-refractivity contribution in [2.24, 2.45) is 10.9 Å². The predicted molar refractivity (Wildman–Crippen MR) is 138 cm³/mol.